The van der Waals surface area contributed by atoms with Gasteiger partial charge in [0.05, 0.1) is 30.1 Å². The molecule has 8 nitrogen and oxygen atoms in total. The number of aliphatic imine (C=N–C) groups is 1. The van der Waals surface area contributed by atoms with Gasteiger partial charge in [0.2, 0.25) is 0 Å². The Balaban J connectivity index is 1.69. The molecule has 30 heavy (non-hydrogen) atoms. The normalized spacial score (nSPS) is 17.2. The summed E-state index contributed by atoms with van der Waals surface area (Å²) in [4.78, 5) is 29.5. The van der Waals surface area contributed by atoms with E-state index in [9.17, 15) is 4.79 Å². The molecule has 4 rings (SSSR count). The van der Waals surface area contributed by atoms with Gasteiger partial charge in [0.25, 0.3) is 5.91 Å². The van der Waals surface area contributed by atoms with Gasteiger partial charge in [-0.3, -0.25) is 9.79 Å². The Labute approximate surface area is 179 Å². The fraction of sp³-hybridized carbons (Fsp3) is 0.333. The van der Waals surface area contributed by atoms with Crippen LogP contribution in [0.3, 0.4) is 0 Å². The smallest absolute Gasteiger partial charge is 0.255 e. The zero-order chi connectivity index (χ0) is 21.1. The van der Waals surface area contributed by atoms with Crippen LogP contribution in [0, 0.1) is 0 Å². The number of aromatic nitrogens is 3. The van der Waals surface area contributed by atoms with Crippen LogP contribution in [-0.2, 0) is 4.74 Å². The van der Waals surface area contributed by atoms with Crippen LogP contribution >= 0.6 is 11.6 Å². The first kappa shape index (κ1) is 20.3. The first-order valence-corrected chi connectivity index (χ1v) is 10.2. The number of H-pyrrole nitrogens is 1. The van der Waals surface area contributed by atoms with E-state index in [1.807, 2.05) is 19.2 Å². The average molecular weight is 427 g/mol. The molecule has 3 heterocycles. The topological polar surface area (TPSA) is 104 Å². The number of carbonyl (C=O) groups is 1. The molecule has 156 valence electrons. The number of aromatic amines is 1. The van der Waals surface area contributed by atoms with E-state index in [-0.39, 0.29) is 11.9 Å². The molecule has 0 radical (unpaired) electrons. The molecule has 0 spiro atoms. The zero-order valence-electron chi connectivity index (χ0n) is 16.8. The number of ether oxygens (including phenoxy) is 1. The number of anilines is 1. The minimum atomic E-state index is -0.194. The second-order valence-electron chi connectivity index (χ2n) is 7.05. The largest absolute Gasteiger partial charge is 0.388 e. The molecule has 1 amide bonds. The van der Waals surface area contributed by atoms with Gasteiger partial charge in [0.15, 0.2) is 5.65 Å². The Morgan fingerprint density at radius 2 is 2.23 bits per heavy atom. The molecule has 0 unspecified atom stereocenters. The Bertz CT molecular complexity index is 1100. The third kappa shape index (κ3) is 4.01. The summed E-state index contributed by atoms with van der Waals surface area (Å²) in [6.07, 6.45) is 5.12. The Kier molecular flexibility index (Phi) is 5.96. The Morgan fingerprint density at radius 3 is 2.97 bits per heavy atom. The molecule has 1 aliphatic heterocycles. The molecule has 0 aliphatic carbocycles. The number of benzene rings is 1. The molecule has 1 saturated heterocycles. The van der Waals surface area contributed by atoms with Crippen molar-refractivity contribution in [1.82, 2.24) is 20.3 Å². The van der Waals surface area contributed by atoms with Gasteiger partial charge < -0.3 is 20.4 Å². The summed E-state index contributed by atoms with van der Waals surface area (Å²) < 4.78 is 5.45. The van der Waals surface area contributed by atoms with Crippen LogP contribution in [0.1, 0.15) is 34.5 Å². The SMILES string of the molecule is C/N=C(/c1cnc2[nH]cc(C(=O)N[C@H]3CCCOC3)c2n1)c1ccc(Cl)cc1NC. The molecule has 1 fully saturated rings. The summed E-state index contributed by atoms with van der Waals surface area (Å²) in [5.74, 6) is -0.194. The third-order valence-electron chi connectivity index (χ3n) is 5.09. The van der Waals surface area contributed by atoms with Crippen LogP contribution in [0.2, 0.25) is 5.02 Å². The van der Waals surface area contributed by atoms with Crippen LogP contribution in [0.5, 0.6) is 0 Å². The second kappa shape index (κ2) is 8.81. The fourth-order valence-corrected chi connectivity index (χ4v) is 3.77. The van der Waals surface area contributed by atoms with Crippen LogP contribution in [0.25, 0.3) is 11.2 Å². The second-order valence-corrected chi connectivity index (χ2v) is 7.49. The van der Waals surface area contributed by atoms with E-state index in [1.165, 1.54) is 0 Å². The van der Waals surface area contributed by atoms with Crippen LogP contribution in [-0.4, -0.2) is 59.9 Å². The number of carbonyl (C=O) groups excluding carboxylic acids is 1. The van der Waals surface area contributed by atoms with Gasteiger partial charge in [-0.2, -0.15) is 0 Å². The van der Waals surface area contributed by atoms with Crippen molar-refractivity contribution in [3.63, 3.8) is 0 Å². The predicted octanol–water partition coefficient (Wildman–Crippen LogP) is 3.03. The van der Waals surface area contributed by atoms with Gasteiger partial charge in [-0.05, 0) is 31.0 Å². The third-order valence-corrected chi connectivity index (χ3v) is 5.33. The molecule has 3 N–H and O–H groups in total. The van der Waals surface area contributed by atoms with Gasteiger partial charge in [-0.25, -0.2) is 9.97 Å². The summed E-state index contributed by atoms with van der Waals surface area (Å²) >= 11 is 6.12. The molecule has 9 heteroatoms. The van der Waals surface area contributed by atoms with Gasteiger partial charge in [0, 0.05) is 43.2 Å². The maximum atomic E-state index is 12.8. The highest BCUT2D eigenvalue weighted by molar-refractivity contribution is 6.31. The molecule has 0 bridgehead atoms. The molecule has 0 saturated carbocycles. The first-order chi connectivity index (χ1) is 14.6. The fourth-order valence-electron chi connectivity index (χ4n) is 3.60. The number of nitrogens with one attached hydrogen (secondary N) is 3. The monoisotopic (exact) mass is 426 g/mol. The summed E-state index contributed by atoms with van der Waals surface area (Å²) in [5.41, 5.74) is 4.39. The molecule has 3 aromatic rings. The van der Waals surface area contributed by atoms with Crippen molar-refractivity contribution < 1.29 is 9.53 Å². The predicted molar refractivity (Wildman–Crippen MR) is 118 cm³/mol. The van der Waals surface area contributed by atoms with Crippen molar-refractivity contribution in [3.05, 3.63) is 52.4 Å². The van der Waals surface area contributed by atoms with E-state index in [0.29, 0.717) is 39.8 Å². The molecule has 1 aliphatic rings. The molecular formula is C21H23ClN6O2. The van der Waals surface area contributed by atoms with Crippen molar-refractivity contribution in [3.8, 4) is 0 Å². The number of hydrogen-bond donors (Lipinski definition) is 3. The van der Waals surface area contributed by atoms with E-state index < -0.39 is 0 Å². The van der Waals surface area contributed by atoms with Crippen LogP contribution < -0.4 is 10.6 Å². The van der Waals surface area contributed by atoms with E-state index in [1.54, 1.807) is 25.5 Å². The lowest BCUT2D eigenvalue weighted by atomic mass is 10.0. The lowest BCUT2D eigenvalue weighted by Crippen LogP contribution is -2.40. The van der Waals surface area contributed by atoms with E-state index in [0.717, 1.165) is 30.7 Å². The van der Waals surface area contributed by atoms with Crippen molar-refractivity contribution in [2.45, 2.75) is 18.9 Å². The Hall–Kier alpha value is -2.97. The quantitative estimate of drug-likeness (QED) is 0.544. The van der Waals surface area contributed by atoms with Gasteiger partial charge >= 0.3 is 0 Å². The maximum Gasteiger partial charge on any atom is 0.255 e. The number of hydrogen-bond acceptors (Lipinski definition) is 6. The summed E-state index contributed by atoms with van der Waals surface area (Å²) in [7, 11) is 3.52. The molecule has 2 aromatic heterocycles. The first-order valence-electron chi connectivity index (χ1n) is 9.78. The summed E-state index contributed by atoms with van der Waals surface area (Å²) in [5, 5.41) is 6.78. The maximum absolute atomic E-state index is 12.8. The van der Waals surface area contributed by atoms with Gasteiger partial charge in [0.1, 0.15) is 11.2 Å². The number of rotatable bonds is 5. The standard InChI is InChI=1S/C21H23ClN6O2/c1-23-16-8-12(22)5-6-14(16)18(24-2)17-10-26-20-19(28-17)15(9-25-20)21(29)27-13-4-3-7-30-11-13/h5-6,8-10,13,23H,3-4,7,11H2,1-2H3,(H,25,26)(H,27,29)/b24-18+/t13-/m0/s1. The molecule has 1 atom stereocenters. The highest BCUT2D eigenvalue weighted by atomic mass is 35.5. The van der Waals surface area contributed by atoms with Crippen molar-refractivity contribution >= 4 is 40.1 Å². The minimum absolute atomic E-state index is 0.00682. The van der Waals surface area contributed by atoms with Crippen molar-refractivity contribution in [2.24, 2.45) is 4.99 Å². The van der Waals surface area contributed by atoms with E-state index in [4.69, 9.17) is 21.3 Å². The number of fused-ring (bicyclic) bond motifs is 1. The average Bonchev–Trinajstić information content (AvgIpc) is 3.19. The highest BCUT2D eigenvalue weighted by Crippen LogP contribution is 2.24. The van der Waals surface area contributed by atoms with Gasteiger partial charge in [-0.1, -0.05) is 11.6 Å². The minimum Gasteiger partial charge on any atom is -0.388 e. The van der Waals surface area contributed by atoms with Crippen molar-refractivity contribution in [2.75, 3.05) is 32.6 Å². The van der Waals surface area contributed by atoms with E-state index in [2.05, 4.69) is 25.6 Å². The highest BCUT2D eigenvalue weighted by Gasteiger charge is 2.21. The zero-order valence-corrected chi connectivity index (χ0v) is 17.6. The van der Waals surface area contributed by atoms with Crippen LogP contribution in [0.4, 0.5) is 5.69 Å². The van der Waals surface area contributed by atoms with Crippen molar-refractivity contribution in [1.29, 1.82) is 0 Å². The number of halogens is 1. The summed E-state index contributed by atoms with van der Waals surface area (Å²) in [6, 6.07) is 5.52. The number of amides is 1. The summed E-state index contributed by atoms with van der Waals surface area (Å²) in [6.45, 7) is 1.27. The number of nitrogens with zero attached hydrogens (tertiary/aromatic N) is 3. The lowest BCUT2D eigenvalue weighted by molar-refractivity contribution is 0.0625. The Morgan fingerprint density at radius 1 is 1.37 bits per heavy atom. The van der Waals surface area contributed by atoms with Gasteiger partial charge in [-0.15, -0.1) is 0 Å². The molecule has 1 aromatic carbocycles. The van der Waals surface area contributed by atoms with Crippen LogP contribution in [0.15, 0.2) is 35.6 Å². The lowest BCUT2D eigenvalue weighted by Gasteiger charge is -2.22. The van der Waals surface area contributed by atoms with E-state index >= 15 is 0 Å². The molecular weight excluding hydrogens is 404 g/mol.